The lowest BCUT2D eigenvalue weighted by atomic mass is 10.1. The molecule has 0 atom stereocenters. The first-order valence-electron chi connectivity index (χ1n) is 11.9. The summed E-state index contributed by atoms with van der Waals surface area (Å²) >= 11 is 0. The van der Waals surface area contributed by atoms with Crippen molar-refractivity contribution in [3.8, 4) is 0 Å². The Labute approximate surface area is 208 Å². The number of hydrogen-bond acceptors (Lipinski definition) is 6. The molecule has 6 heteroatoms. The minimum atomic E-state index is 0.718. The van der Waals surface area contributed by atoms with Crippen LogP contribution in [-0.2, 0) is 0 Å². The van der Waals surface area contributed by atoms with Crippen LogP contribution in [0.5, 0.6) is 0 Å². The molecule has 4 aromatic carbocycles. The van der Waals surface area contributed by atoms with Gasteiger partial charge in [-0.2, -0.15) is 0 Å². The summed E-state index contributed by atoms with van der Waals surface area (Å²) in [6, 6.07) is 32.7. The monoisotopic (exact) mass is 466 g/mol. The van der Waals surface area contributed by atoms with Crippen molar-refractivity contribution < 1.29 is 0 Å². The van der Waals surface area contributed by atoms with E-state index in [1.54, 1.807) is 0 Å². The number of rotatable bonds is 2. The number of hydrogen-bond donors (Lipinski definition) is 0. The van der Waals surface area contributed by atoms with Gasteiger partial charge >= 0.3 is 0 Å². The molecule has 0 bridgehead atoms. The molecule has 6 nitrogen and oxygen atoms in total. The molecular formula is C30H22N6. The Hall–Kier alpha value is -4.84. The quantitative estimate of drug-likeness (QED) is 0.264. The predicted octanol–water partition coefficient (Wildman–Crippen LogP) is 7.44. The summed E-state index contributed by atoms with van der Waals surface area (Å²) in [5.41, 5.74) is 7.60. The molecule has 2 aromatic heterocycles. The Morgan fingerprint density at radius 1 is 0.389 bits per heavy atom. The first-order chi connectivity index (χ1) is 17.7. The Bertz CT molecular complexity index is 1540. The van der Waals surface area contributed by atoms with Crippen molar-refractivity contribution in [1.82, 2.24) is 19.9 Å². The number of anilines is 6. The molecule has 0 saturated heterocycles. The van der Waals surface area contributed by atoms with Crippen LogP contribution in [0.3, 0.4) is 0 Å². The number of fused-ring (bicyclic) bond motifs is 4. The lowest BCUT2D eigenvalue weighted by Gasteiger charge is -2.36. The van der Waals surface area contributed by atoms with Gasteiger partial charge in [0.25, 0.3) is 0 Å². The van der Waals surface area contributed by atoms with E-state index >= 15 is 0 Å². The summed E-state index contributed by atoms with van der Waals surface area (Å²) in [6.45, 7) is 4.17. The highest BCUT2D eigenvalue weighted by Gasteiger charge is 2.36. The van der Waals surface area contributed by atoms with Crippen LogP contribution in [0.2, 0.25) is 0 Å². The van der Waals surface area contributed by atoms with E-state index in [-0.39, 0.29) is 0 Å². The molecular weight excluding hydrogens is 444 g/mol. The maximum absolute atomic E-state index is 5.12. The van der Waals surface area contributed by atoms with Crippen molar-refractivity contribution in [2.45, 2.75) is 13.8 Å². The maximum Gasteiger partial charge on any atom is 0.183 e. The van der Waals surface area contributed by atoms with E-state index in [1.807, 2.05) is 48.5 Å². The molecule has 6 aromatic rings. The molecule has 0 fully saturated rings. The van der Waals surface area contributed by atoms with Gasteiger partial charge in [0.1, 0.15) is 0 Å². The smallest absolute Gasteiger partial charge is 0.183 e. The van der Waals surface area contributed by atoms with E-state index in [4.69, 9.17) is 19.9 Å². The largest absolute Gasteiger partial charge is 0.273 e. The van der Waals surface area contributed by atoms with Gasteiger partial charge in [-0.1, -0.05) is 59.7 Å². The molecule has 3 heterocycles. The fourth-order valence-electron chi connectivity index (χ4n) is 4.64. The van der Waals surface area contributed by atoms with E-state index in [9.17, 15) is 0 Å². The molecule has 0 saturated carbocycles. The summed E-state index contributed by atoms with van der Waals surface area (Å²) in [5.74, 6) is 2.87. The van der Waals surface area contributed by atoms with Gasteiger partial charge in [-0.05, 0) is 62.4 Å². The van der Waals surface area contributed by atoms with Crippen molar-refractivity contribution >= 4 is 56.7 Å². The molecule has 0 aliphatic carbocycles. The Morgan fingerprint density at radius 2 is 0.667 bits per heavy atom. The molecule has 172 valence electrons. The van der Waals surface area contributed by atoms with Gasteiger partial charge in [0.05, 0.1) is 22.1 Å². The van der Waals surface area contributed by atoms with Crippen LogP contribution >= 0.6 is 0 Å². The fraction of sp³-hybridized carbons (Fsp3) is 0.0667. The van der Waals surface area contributed by atoms with E-state index < -0.39 is 0 Å². The van der Waals surface area contributed by atoms with Gasteiger partial charge in [0.15, 0.2) is 23.3 Å². The number of nitrogens with zero attached hydrogens (tertiary/aromatic N) is 6. The highest BCUT2D eigenvalue weighted by Crippen LogP contribution is 2.51. The minimum absolute atomic E-state index is 0.718. The summed E-state index contributed by atoms with van der Waals surface area (Å²) < 4.78 is 0. The van der Waals surface area contributed by atoms with Gasteiger partial charge < -0.3 is 0 Å². The topological polar surface area (TPSA) is 58.0 Å². The van der Waals surface area contributed by atoms with Crippen LogP contribution in [0.25, 0.3) is 22.1 Å². The second-order valence-corrected chi connectivity index (χ2v) is 9.06. The average molecular weight is 467 g/mol. The first kappa shape index (κ1) is 20.5. The van der Waals surface area contributed by atoms with Crippen molar-refractivity contribution in [2.75, 3.05) is 9.80 Å². The Kier molecular flexibility index (Phi) is 4.48. The molecule has 0 amide bonds. The molecule has 36 heavy (non-hydrogen) atoms. The molecule has 0 unspecified atom stereocenters. The van der Waals surface area contributed by atoms with E-state index in [0.717, 1.165) is 56.7 Å². The molecule has 1 aliphatic heterocycles. The lowest BCUT2D eigenvalue weighted by molar-refractivity contribution is 1.02. The molecule has 7 rings (SSSR count). The average Bonchev–Trinajstić information content (AvgIpc) is 2.91. The Balaban J connectivity index is 1.60. The second kappa shape index (κ2) is 7.85. The zero-order valence-corrected chi connectivity index (χ0v) is 19.9. The van der Waals surface area contributed by atoms with Crippen molar-refractivity contribution in [3.63, 3.8) is 0 Å². The van der Waals surface area contributed by atoms with Crippen molar-refractivity contribution in [2.24, 2.45) is 0 Å². The standard InChI is InChI=1S/C30H22N6/c1-19-11-15-21(16-12-19)35-27-29(33-25-9-5-3-7-23(25)31-27)36(22-17-13-20(2)14-18-22)30-28(35)32-24-8-4-6-10-26(24)34-30/h3-18H,1-2H3. The molecule has 1 aliphatic rings. The van der Waals surface area contributed by atoms with Gasteiger partial charge in [0.2, 0.25) is 0 Å². The van der Waals surface area contributed by atoms with E-state index in [2.05, 4.69) is 72.2 Å². The van der Waals surface area contributed by atoms with Crippen LogP contribution in [0, 0.1) is 13.8 Å². The van der Waals surface area contributed by atoms with Crippen LogP contribution < -0.4 is 9.80 Å². The third-order valence-electron chi connectivity index (χ3n) is 6.50. The van der Waals surface area contributed by atoms with Crippen molar-refractivity contribution in [3.05, 3.63) is 108 Å². The Morgan fingerprint density at radius 3 is 0.944 bits per heavy atom. The highest BCUT2D eigenvalue weighted by molar-refractivity contribution is 6.00. The van der Waals surface area contributed by atoms with Gasteiger partial charge in [-0.3, -0.25) is 9.80 Å². The van der Waals surface area contributed by atoms with Crippen molar-refractivity contribution in [1.29, 1.82) is 0 Å². The number of aromatic nitrogens is 4. The number of benzene rings is 4. The summed E-state index contributed by atoms with van der Waals surface area (Å²) in [4.78, 5) is 24.6. The number of para-hydroxylation sites is 4. The maximum atomic E-state index is 5.12. The fourth-order valence-corrected chi connectivity index (χ4v) is 4.64. The van der Waals surface area contributed by atoms with Gasteiger partial charge in [-0.25, -0.2) is 19.9 Å². The first-order valence-corrected chi connectivity index (χ1v) is 11.9. The SMILES string of the molecule is Cc1ccc(N2c3nc4ccccc4nc3N(c3ccc(C)cc3)c3nc4ccccc4nc32)cc1. The minimum Gasteiger partial charge on any atom is -0.273 e. The lowest BCUT2D eigenvalue weighted by Crippen LogP contribution is -2.28. The van der Waals surface area contributed by atoms with Crippen LogP contribution in [0.4, 0.5) is 34.6 Å². The van der Waals surface area contributed by atoms with E-state index in [1.165, 1.54) is 11.1 Å². The van der Waals surface area contributed by atoms with Gasteiger partial charge in [0, 0.05) is 11.4 Å². The number of aryl methyl sites for hydroxylation is 2. The third kappa shape index (κ3) is 3.19. The highest BCUT2D eigenvalue weighted by atomic mass is 15.4. The zero-order valence-electron chi connectivity index (χ0n) is 19.9. The van der Waals surface area contributed by atoms with Crippen LogP contribution in [0.1, 0.15) is 11.1 Å². The second-order valence-electron chi connectivity index (χ2n) is 9.06. The van der Waals surface area contributed by atoms with Crippen LogP contribution in [0.15, 0.2) is 97.1 Å². The van der Waals surface area contributed by atoms with Crippen LogP contribution in [-0.4, -0.2) is 19.9 Å². The summed E-state index contributed by atoms with van der Waals surface area (Å²) in [5, 5.41) is 0. The predicted molar refractivity (Wildman–Crippen MR) is 145 cm³/mol. The van der Waals surface area contributed by atoms with Gasteiger partial charge in [-0.15, -0.1) is 0 Å². The normalized spacial score (nSPS) is 12.6. The molecule has 0 radical (unpaired) electrons. The molecule has 0 spiro atoms. The molecule has 0 N–H and O–H groups in total. The summed E-state index contributed by atoms with van der Waals surface area (Å²) in [6.07, 6.45) is 0. The summed E-state index contributed by atoms with van der Waals surface area (Å²) in [7, 11) is 0. The van der Waals surface area contributed by atoms with E-state index in [0.29, 0.717) is 0 Å². The third-order valence-corrected chi connectivity index (χ3v) is 6.50. The zero-order chi connectivity index (χ0) is 24.2.